The maximum atomic E-state index is 11.1. The van der Waals surface area contributed by atoms with Crippen molar-refractivity contribution in [3.8, 4) is 0 Å². The number of hydrogen-bond acceptors (Lipinski definition) is 3. The van der Waals surface area contributed by atoms with Gasteiger partial charge in [-0.2, -0.15) is 0 Å². The summed E-state index contributed by atoms with van der Waals surface area (Å²) >= 11 is 0. The molecule has 0 aliphatic heterocycles. The highest BCUT2D eigenvalue weighted by atomic mass is 16.5. The molecule has 1 rings (SSSR count). The van der Waals surface area contributed by atoms with Crippen molar-refractivity contribution in [2.75, 3.05) is 13.2 Å². The van der Waals surface area contributed by atoms with E-state index >= 15 is 0 Å². The first-order chi connectivity index (χ1) is 8.13. The van der Waals surface area contributed by atoms with Crippen molar-refractivity contribution in [3.63, 3.8) is 0 Å². The number of esters is 1. The summed E-state index contributed by atoms with van der Waals surface area (Å²) < 4.78 is 4.94. The van der Waals surface area contributed by atoms with Gasteiger partial charge in [0.25, 0.3) is 0 Å². The minimum Gasteiger partial charge on any atom is -0.462 e. The van der Waals surface area contributed by atoms with E-state index < -0.39 is 5.97 Å². The monoisotopic (exact) mass is 234 g/mol. The molecule has 0 fully saturated rings. The molecule has 0 unspecified atom stereocenters. The Balaban J connectivity index is 2.22. The summed E-state index contributed by atoms with van der Waals surface area (Å²) in [6, 6.07) is 8.28. The van der Waals surface area contributed by atoms with Crippen LogP contribution in [-0.2, 0) is 16.0 Å². The normalized spacial score (nSPS) is 10.0. The van der Waals surface area contributed by atoms with Crippen LogP contribution < -0.4 is 0 Å². The molecular formula is C14H18O3. The quantitative estimate of drug-likeness (QED) is 0.465. The van der Waals surface area contributed by atoms with Crippen LogP contribution in [0.2, 0.25) is 0 Å². The Labute approximate surface area is 102 Å². The Morgan fingerprint density at radius 1 is 1.35 bits per heavy atom. The first-order valence-electron chi connectivity index (χ1n) is 5.65. The number of benzene rings is 1. The number of ether oxygens (including phenoxy) is 1. The fourth-order valence-corrected chi connectivity index (χ4v) is 1.36. The predicted octanol–water partition coefficient (Wildman–Crippen LogP) is 2.02. The molecule has 3 heteroatoms. The van der Waals surface area contributed by atoms with Crippen LogP contribution in [0.15, 0.2) is 36.4 Å². The molecule has 0 saturated carbocycles. The third kappa shape index (κ3) is 4.83. The summed E-state index contributed by atoms with van der Waals surface area (Å²) in [5.41, 5.74) is 2.56. The number of aryl methyl sites for hydroxylation is 2. The predicted molar refractivity (Wildman–Crippen MR) is 66.7 cm³/mol. The van der Waals surface area contributed by atoms with Crippen molar-refractivity contribution in [1.29, 1.82) is 0 Å². The second-order valence-corrected chi connectivity index (χ2v) is 3.99. The average Bonchev–Trinajstić information content (AvgIpc) is 2.35. The summed E-state index contributed by atoms with van der Waals surface area (Å²) in [4.78, 5) is 11.1. The second-order valence-electron chi connectivity index (χ2n) is 3.99. The molecule has 1 N–H and O–H groups in total. The third-order valence-electron chi connectivity index (χ3n) is 2.44. The van der Waals surface area contributed by atoms with Gasteiger partial charge in [0.15, 0.2) is 0 Å². The summed E-state index contributed by atoms with van der Waals surface area (Å²) in [6.45, 7) is 5.45. The van der Waals surface area contributed by atoms with Crippen LogP contribution in [0.3, 0.4) is 0 Å². The smallest absolute Gasteiger partial charge is 0.335 e. The minimum absolute atomic E-state index is 0.0975. The standard InChI is InChI=1S/C14H18O3/c1-11-5-7-13(8-6-11)4-3-9-17-14(16)12(2)10-15/h5-8,15H,2-4,9-10H2,1H3. The van der Waals surface area contributed by atoms with E-state index in [1.54, 1.807) is 0 Å². The van der Waals surface area contributed by atoms with Crippen LogP contribution in [0.25, 0.3) is 0 Å². The van der Waals surface area contributed by atoms with E-state index in [2.05, 4.69) is 30.8 Å². The Bertz CT molecular complexity index is 379. The van der Waals surface area contributed by atoms with Crippen molar-refractivity contribution >= 4 is 5.97 Å². The zero-order valence-electron chi connectivity index (χ0n) is 10.1. The van der Waals surface area contributed by atoms with Crippen LogP contribution in [0.4, 0.5) is 0 Å². The highest BCUT2D eigenvalue weighted by Gasteiger charge is 2.06. The zero-order chi connectivity index (χ0) is 12.7. The summed E-state index contributed by atoms with van der Waals surface area (Å²) in [7, 11) is 0. The van der Waals surface area contributed by atoms with Crippen molar-refractivity contribution in [2.45, 2.75) is 19.8 Å². The van der Waals surface area contributed by atoms with Gasteiger partial charge in [0.2, 0.25) is 0 Å². The van der Waals surface area contributed by atoms with Gasteiger partial charge < -0.3 is 9.84 Å². The van der Waals surface area contributed by atoms with Gasteiger partial charge in [0.05, 0.1) is 18.8 Å². The molecule has 1 aromatic carbocycles. The fourth-order valence-electron chi connectivity index (χ4n) is 1.36. The lowest BCUT2D eigenvalue weighted by Gasteiger charge is -2.05. The summed E-state index contributed by atoms with van der Waals surface area (Å²) in [5, 5.41) is 8.67. The molecule has 0 radical (unpaired) electrons. The van der Waals surface area contributed by atoms with Gasteiger partial charge in [-0.3, -0.25) is 0 Å². The van der Waals surface area contributed by atoms with E-state index in [0.717, 1.165) is 12.8 Å². The molecule has 0 bridgehead atoms. The molecule has 0 amide bonds. The van der Waals surface area contributed by atoms with Gasteiger partial charge in [-0.05, 0) is 25.3 Å². The Hall–Kier alpha value is -1.61. The molecule has 0 heterocycles. The fraction of sp³-hybridized carbons (Fsp3) is 0.357. The molecule has 0 atom stereocenters. The zero-order valence-corrected chi connectivity index (χ0v) is 10.1. The van der Waals surface area contributed by atoms with E-state index in [1.807, 2.05) is 6.92 Å². The molecule has 0 aliphatic rings. The van der Waals surface area contributed by atoms with Gasteiger partial charge in [-0.1, -0.05) is 36.4 Å². The number of aliphatic hydroxyl groups is 1. The molecule has 0 aromatic heterocycles. The van der Waals surface area contributed by atoms with E-state index in [0.29, 0.717) is 6.61 Å². The van der Waals surface area contributed by atoms with Crippen LogP contribution in [-0.4, -0.2) is 24.3 Å². The van der Waals surface area contributed by atoms with Crippen molar-refractivity contribution in [2.24, 2.45) is 0 Å². The summed E-state index contributed by atoms with van der Waals surface area (Å²) in [6.07, 6.45) is 1.65. The first-order valence-corrected chi connectivity index (χ1v) is 5.65. The van der Waals surface area contributed by atoms with Crippen molar-refractivity contribution < 1.29 is 14.6 Å². The number of rotatable bonds is 6. The first kappa shape index (κ1) is 13.5. The second kappa shape index (κ2) is 6.86. The lowest BCUT2D eigenvalue weighted by molar-refractivity contribution is -0.139. The Morgan fingerprint density at radius 2 is 2.00 bits per heavy atom. The lowest BCUT2D eigenvalue weighted by Crippen LogP contribution is -2.11. The van der Waals surface area contributed by atoms with Crippen LogP contribution in [0.5, 0.6) is 0 Å². The Kier molecular flexibility index (Phi) is 5.43. The van der Waals surface area contributed by atoms with Crippen LogP contribution in [0, 0.1) is 6.92 Å². The molecule has 0 aliphatic carbocycles. The molecule has 17 heavy (non-hydrogen) atoms. The van der Waals surface area contributed by atoms with E-state index in [9.17, 15) is 4.79 Å². The number of aliphatic hydroxyl groups excluding tert-OH is 1. The lowest BCUT2D eigenvalue weighted by atomic mass is 10.1. The number of hydrogen-bond donors (Lipinski definition) is 1. The maximum absolute atomic E-state index is 11.1. The molecule has 0 saturated heterocycles. The molecule has 1 aromatic rings. The SMILES string of the molecule is C=C(CO)C(=O)OCCCc1ccc(C)cc1. The van der Waals surface area contributed by atoms with Gasteiger partial charge >= 0.3 is 5.97 Å². The molecular weight excluding hydrogens is 216 g/mol. The van der Waals surface area contributed by atoms with E-state index in [-0.39, 0.29) is 12.2 Å². The highest BCUT2D eigenvalue weighted by Crippen LogP contribution is 2.06. The highest BCUT2D eigenvalue weighted by molar-refractivity contribution is 5.87. The van der Waals surface area contributed by atoms with Crippen molar-refractivity contribution in [3.05, 3.63) is 47.5 Å². The molecule has 92 valence electrons. The van der Waals surface area contributed by atoms with Gasteiger partial charge in [-0.25, -0.2) is 4.79 Å². The molecule has 3 nitrogen and oxygen atoms in total. The topological polar surface area (TPSA) is 46.5 Å². The molecule has 0 spiro atoms. The largest absolute Gasteiger partial charge is 0.462 e. The van der Waals surface area contributed by atoms with Gasteiger partial charge in [0.1, 0.15) is 0 Å². The number of carbonyl (C=O) groups excluding carboxylic acids is 1. The van der Waals surface area contributed by atoms with Gasteiger partial charge in [-0.15, -0.1) is 0 Å². The average molecular weight is 234 g/mol. The van der Waals surface area contributed by atoms with Crippen LogP contribution >= 0.6 is 0 Å². The Morgan fingerprint density at radius 3 is 2.59 bits per heavy atom. The van der Waals surface area contributed by atoms with E-state index in [4.69, 9.17) is 9.84 Å². The third-order valence-corrected chi connectivity index (χ3v) is 2.44. The maximum Gasteiger partial charge on any atom is 0.335 e. The number of carbonyl (C=O) groups is 1. The van der Waals surface area contributed by atoms with E-state index in [1.165, 1.54) is 11.1 Å². The minimum atomic E-state index is -0.517. The summed E-state index contributed by atoms with van der Waals surface area (Å²) in [5.74, 6) is -0.517. The van der Waals surface area contributed by atoms with Gasteiger partial charge in [0, 0.05) is 0 Å². The van der Waals surface area contributed by atoms with Crippen molar-refractivity contribution in [1.82, 2.24) is 0 Å². The van der Waals surface area contributed by atoms with Crippen LogP contribution in [0.1, 0.15) is 17.5 Å².